The molecule has 8 heteroatoms. The van der Waals surface area contributed by atoms with E-state index < -0.39 is 38.1 Å². The molecule has 0 aromatic heterocycles. The molecule has 0 saturated heterocycles. The van der Waals surface area contributed by atoms with Crippen LogP contribution in [0.2, 0.25) is 0 Å². The Morgan fingerprint density at radius 3 is 2.47 bits per heavy atom. The molecule has 2 N–H and O–H groups in total. The van der Waals surface area contributed by atoms with E-state index >= 15 is 0 Å². The van der Waals surface area contributed by atoms with E-state index in [9.17, 15) is 22.0 Å². The summed E-state index contributed by atoms with van der Waals surface area (Å²) in [6.07, 6.45) is 0.633. The molecule has 0 heterocycles. The molecule has 0 amide bonds. The normalized spacial score (nSPS) is 22.3. The van der Waals surface area contributed by atoms with E-state index in [0.29, 0.717) is 18.6 Å². The van der Waals surface area contributed by atoms with Gasteiger partial charge < -0.3 is 5.11 Å². The number of rotatable bonds is 4. The molecule has 0 aliphatic heterocycles. The first-order valence-electron chi connectivity index (χ1n) is 5.47. The third kappa shape index (κ3) is 2.59. The van der Waals surface area contributed by atoms with Gasteiger partial charge in [0.2, 0.25) is 10.0 Å². The van der Waals surface area contributed by atoms with Crippen LogP contribution in [0.25, 0.3) is 0 Å². The second kappa shape index (κ2) is 4.53. The molecular weight excluding hydrogens is 280 g/mol. The molecule has 1 aliphatic carbocycles. The van der Waals surface area contributed by atoms with Gasteiger partial charge in [-0.1, -0.05) is 6.92 Å². The fraction of sp³-hybridized carbons (Fsp3) is 0.364. The third-order valence-electron chi connectivity index (χ3n) is 2.98. The van der Waals surface area contributed by atoms with E-state index in [0.717, 1.165) is 0 Å². The van der Waals surface area contributed by atoms with Crippen LogP contribution in [0, 0.1) is 17.6 Å². The summed E-state index contributed by atoms with van der Waals surface area (Å²) in [5.41, 5.74) is -1.27. The highest BCUT2D eigenvalue weighted by Gasteiger charge is 2.38. The van der Waals surface area contributed by atoms with E-state index in [1.54, 1.807) is 0 Å². The van der Waals surface area contributed by atoms with Crippen molar-refractivity contribution in [1.82, 2.24) is 4.72 Å². The Balaban J connectivity index is 2.45. The average Bonchev–Trinajstić information content (AvgIpc) is 2.91. The Labute approximate surface area is 108 Å². The SMILES string of the molecule is CC1CC1NS(=O)(=O)c1ccc(F)c(C(=O)O)c1F. The van der Waals surface area contributed by atoms with Gasteiger partial charge in [0.15, 0.2) is 5.82 Å². The van der Waals surface area contributed by atoms with Gasteiger partial charge >= 0.3 is 5.97 Å². The Morgan fingerprint density at radius 2 is 2.00 bits per heavy atom. The van der Waals surface area contributed by atoms with E-state index in [4.69, 9.17) is 5.11 Å². The third-order valence-corrected chi connectivity index (χ3v) is 4.48. The van der Waals surface area contributed by atoms with Crippen molar-refractivity contribution in [2.45, 2.75) is 24.3 Å². The highest BCUT2D eigenvalue weighted by molar-refractivity contribution is 7.89. The van der Waals surface area contributed by atoms with E-state index in [2.05, 4.69) is 4.72 Å². The molecule has 19 heavy (non-hydrogen) atoms. The summed E-state index contributed by atoms with van der Waals surface area (Å²) in [6.45, 7) is 1.82. The van der Waals surface area contributed by atoms with Crippen molar-refractivity contribution in [2.24, 2.45) is 5.92 Å². The number of carboxylic acids is 1. The minimum Gasteiger partial charge on any atom is -0.477 e. The number of benzene rings is 1. The zero-order valence-electron chi connectivity index (χ0n) is 9.85. The summed E-state index contributed by atoms with van der Waals surface area (Å²) in [4.78, 5) is 9.86. The summed E-state index contributed by atoms with van der Waals surface area (Å²) < 4.78 is 53.0. The second-order valence-corrected chi connectivity index (χ2v) is 6.16. The van der Waals surface area contributed by atoms with Gasteiger partial charge in [-0.15, -0.1) is 0 Å². The fourth-order valence-electron chi connectivity index (χ4n) is 1.69. The lowest BCUT2D eigenvalue weighted by Crippen LogP contribution is -2.28. The zero-order chi connectivity index (χ0) is 14.4. The lowest BCUT2D eigenvalue weighted by Gasteiger charge is -2.09. The highest BCUT2D eigenvalue weighted by atomic mass is 32.2. The second-order valence-electron chi connectivity index (χ2n) is 4.48. The largest absolute Gasteiger partial charge is 0.477 e. The van der Waals surface area contributed by atoms with Crippen LogP contribution in [0.15, 0.2) is 17.0 Å². The van der Waals surface area contributed by atoms with Gasteiger partial charge in [0.05, 0.1) is 0 Å². The minimum absolute atomic E-state index is 0.150. The number of sulfonamides is 1. The Bertz CT molecular complexity index is 644. The predicted molar refractivity (Wildman–Crippen MR) is 61.2 cm³/mol. The summed E-state index contributed by atoms with van der Waals surface area (Å²) in [5, 5.41) is 8.68. The number of halogens is 2. The van der Waals surface area contributed by atoms with Crippen LogP contribution >= 0.6 is 0 Å². The molecule has 0 spiro atoms. The quantitative estimate of drug-likeness (QED) is 0.877. The molecule has 1 aromatic carbocycles. The molecular formula is C11H11F2NO4S. The van der Waals surface area contributed by atoms with Crippen LogP contribution in [-0.4, -0.2) is 25.5 Å². The van der Waals surface area contributed by atoms with Crippen molar-refractivity contribution in [3.8, 4) is 0 Å². The predicted octanol–water partition coefficient (Wildman–Crippen LogP) is 1.35. The van der Waals surface area contributed by atoms with Gasteiger partial charge in [0.25, 0.3) is 0 Å². The standard InChI is InChI=1S/C11H11F2NO4S/c1-5-4-7(5)14-19(17,18)8-3-2-6(12)9(10(8)13)11(15)16/h2-3,5,7,14H,4H2,1H3,(H,15,16). The molecule has 1 fully saturated rings. The topological polar surface area (TPSA) is 83.5 Å². The maximum atomic E-state index is 13.8. The van der Waals surface area contributed by atoms with Gasteiger partial charge in [-0.25, -0.2) is 26.7 Å². The van der Waals surface area contributed by atoms with Gasteiger partial charge in [-0.3, -0.25) is 0 Å². The molecule has 1 aromatic rings. The van der Waals surface area contributed by atoms with Crippen molar-refractivity contribution in [2.75, 3.05) is 0 Å². The van der Waals surface area contributed by atoms with Gasteiger partial charge in [-0.05, 0) is 24.5 Å². The number of carbonyl (C=O) groups is 1. The first-order chi connectivity index (χ1) is 8.74. The van der Waals surface area contributed by atoms with Crippen molar-refractivity contribution < 1.29 is 27.1 Å². The monoisotopic (exact) mass is 291 g/mol. The first kappa shape index (κ1) is 13.9. The van der Waals surface area contributed by atoms with E-state index in [1.165, 1.54) is 0 Å². The smallest absolute Gasteiger partial charge is 0.341 e. The summed E-state index contributed by atoms with van der Waals surface area (Å²) in [7, 11) is -4.19. The van der Waals surface area contributed by atoms with Gasteiger partial charge in [0, 0.05) is 6.04 Å². The molecule has 5 nitrogen and oxygen atoms in total. The van der Waals surface area contributed by atoms with Crippen molar-refractivity contribution in [3.63, 3.8) is 0 Å². The highest BCUT2D eigenvalue weighted by Crippen LogP contribution is 2.31. The molecule has 104 valence electrons. The lowest BCUT2D eigenvalue weighted by molar-refractivity contribution is 0.0685. The van der Waals surface area contributed by atoms with Crippen LogP contribution in [-0.2, 0) is 10.0 Å². The number of aromatic carboxylic acids is 1. The van der Waals surface area contributed by atoms with Gasteiger partial charge in [-0.2, -0.15) is 0 Å². The summed E-state index contributed by atoms with van der Waals surface area (Å²) in [6, 6.07) is 1.05. The van der Waals surface area contributed by atoms with Crippen LogP contribution in [0.4, 0.5) is 8.78 Å². The van der Waals surface area contributed by atoms with E-state index in [1.807, 2.05) is 6.92 Å². The Kier molecular flexibility index (Phi) is 3.31. The van der Waals surface area contributed by atoms with Crippen LogP contribution in [0.1, 0.15) is 23.7 Å². The lowest BCUT2D eigenvalue weighted by atomic mass is 10.2. The molecule has 1 saturated carbocycles. The van der Waals surface area contributed by atoms with Crippen molar-refractivity contribution in [3.05, 3.63) is 29.3 Å². The molecule has 0 bridgehead atoms. The molecule has 2 unspecified atom stereocenters. The number of hydrogen-bond acceptors (Lipinski definition) is 3. The zero-order valence-corrected chi connectivity index (χ0v) is 10.7. The fourth-order valence-corrected chi connectivity index (χ4v) is 3.13. The van der Waals surface area contributed by atoms with Crippen LogP contribution < -0.4 is 4.72 Å². The number of hydrogen-bond donors (Lipinski definition) is 2. The van der Waals surface area contributed by atoms with Crippen LogP contribution in [0.5, 0.6) is 0 Å². The Hall–Kier alpha value is -1.54. The first-order valence-corrected chi connectivity index (χ1v) is 6.96. The number of nitrogens with one attached hydrogen (secondary N) is 1. The Morgan fingerprint density at radius 1 is 1.42 bits per heavy atom. The molecule has 2 atom stereocenters. The maximum absolute atomic E-state index is 13.8. The van der Waals surface area contributed by atoms with Crippen LogP contribution in [0.3, 0.4) is 0 Å². The van der Waals surface area contributed by atoms with Crippen molar-refractivity contribution >= 4 is 16.0 Å². The van der Waals surface area contributed by atoms with Gasteiger partial charge in [0.1, 0.15) is 16.3 Å². The summed E-state index contributed by atoms with van der Waals surface area (Å²) in [5.74, 6) is -4.61. The molecule has 1 aliphatic rings. The molecule has 2 rings (SSSR count). The van der Waals surface area contributed by atoms with E-state index in [-0.39, 0.29) is 12.0 Å². The maximum Gasteiger partial charge on any atom is 0.341 e. The number of carboxylic acid groups (broad SMARTS) is 1. The summed E-state index contributed by atoms with van der Waals surface area (Å²) >= 11 is 0. The minimum atomic E-state index is -4.19. The average molecular weight is 291 g/mol. The van der Waals surface area contributed by atoms with Crippen molar-refractivity contribution in [1.29, 1.82) is 0 Å². The molecule has 0 radical (unpaired) electrons.